The average Bonchev–Trinajstić information content (AvgIpc) is 2.11. The molecule has 0 saturated heterocycles. The molecule has 0 amide bonds. The Morgan fingerprint density at radius 3 is 1.30 bits per heavy atom. The lowest BCUT2D eigenvalue weighted by Crippen LogP contribution is -2.67. The van der Waals surface area contributed by atoms with Gasteiger partial charge in [-0.25, -0.2) is 4.74 Å². The molecule has 0 spiro atoms. The lowest BCUT2D eigenvalue weighted by atomic mass is 10.0. The van der Waals surface area contributed by atoms with Crippen molar-refractivity contribution in [1.29, 1.82) is 0 Å². The Labute approximate surface area is 99.8 Å². The molecule has 0 heterocycles. The van der Waals surface area contributed by atoms with Gasteiger partial charge < -0.3 is 0 Å². The first-order valence-electron chi connectivity index (χ1n) is 3.88. The van der Waals surface area contributed by atoms with Gasteiger partial charge >= 0.3 is 36.3 Å². The largest absolute Gasteiger partial charge is 0.525 e. The third-order valence-electron chi connectivity index (χ3n) is 1.67. The first kappa shape index (κ1) is 18.8. The van der Waals surface area contributed by atoms with Gasteiger partial charge in [0.05, 0.1) is 0 Å². The van der Waals surface area contributed by atoms with Crippen LogP contribution in [0.15, 0.2) is 0 Å². The van der Waals surface area contributed by atoms with Crippen molar-refractivity contribution in [3.63, 3.8) is 0 Å². The minimum absolute atomic E-state index is 1.35. The fourth-order valence-corrected chi connectivity index (χ4v) is 0.785. The average molecular weight is 332 g/mol. The molecule has 14 heteroatoms. The van der Waals surface area contributed by atoms with Crippen LogP contribution in [0.1, 0.15) is 0 Å². The summed E-state index contributed by atoms with van der Waals surface area (Å²) in [4.78, 5) is 9.48. The molecule has 0 radical (unpaired) electrons. The third-order valence-corrected chi connectivity index (χ3v) is 1.67. The van der Waals surface area contributed by atoms with Gasteiger partial charge in [0.1, 0.15) is 0 Å². The molecule has 0 aliphatic carbocycles. The number of halogens is 12. The maximum absolute atomic E-state index is 12.8. The first-order valence-corrected chi connectivity index (χ1v) is 3.88. The van der Waals surface area contributed by atoms with Crippen LogP contribution in [0.4, 0.5) is 52.7 Å². The molecule has 0 rings (SSSR count). The number of carbonyl (C=O) groups excluding carboxylic acids is 1. The van der Waals surface area contributed by atoms with Gasteiger partial charge in [-0.1, -0.05) is 0 Å². The van der Waals surface area contributed by atoms with Gasteiger partial charge in [-0.2, -0.15) is 39.5 Å². The Bertz CT molecular complexity index is 380. The second-order valence-electron chi connectivity index (χ2n) is 3.06. The molecule has 0 fully saturated rings. The normalized spacial score (nSPS) is 17.8. The van der Waals surface area contributed by atoms with Crippen LogP contribution in [0.2, 0.25) is 0 Å². The highest BCUT2D eigenvalue weighted by Gasteiger charge is 2.85. The van der Waals surface area contributed by atoms with E-state index in [1.54, 1.807) is 0 Å². The van der Waals surface area contributed by atoms with Crippen LogP contribution in [0.3, 0.4) is 0 Å². The SMILES string of the molecule is O=C(F)C(F)(F)C(F)(F)C(F)(OC(F)(F)F)C(F)(F)F. The zero-order valence-electron chi connectivity index (χ0n) is 8.35. The summed E-state index contributed by atoms with van der Waals surface area (Å²) in [5.41, 5.74) is 0. The molecular formula is C6F12O2. The minimum atomic E-state index is -7.53. The van der Waals surface area contributed by atoms with Crippen molar-refractivity contribution in [2.24, 2.45) is 0 Å². The number of rotatable bonds is 4. The van der Waals surface area contributed by atoms with E-state index in [0.29, 0.717) is 0 Å². The summed E-state index contributed by atoms with van der Waals surface area (Å²) < 4.78 is 146. The summed E-state index contributed by atoms with van der Waals surface area (Å²) in [5, 5.41) is 0. The number of ether oxygens (including phenoxy) is 1. The maximum atomic E-state index is 12.8. The van der Waals surface area contributed by atoms with Crippen molar-refractivity contribution in [3.8, 4) is 0 Å². The molecule has 0 aromatic rings. The van der Waals surface area contributed by atoms with E-state index in [0.717, 1.165) is 0 Å². The first-order chi connectivity index (χ1) is 8.40. The molecule has 0 aliphatic heterocycles. The highest BCUT2D eigenvalue weighted by molar-refractivity contribution is 5.78. The summed E-state index contributed by atoms with van der Waals surface area (Å²) in [6, 6.07) is -4.49. The van der Waals surface area contributed by atoms with Crippen LogP contribution in [-0.4, -0.2) is 36.3 Å². The van der Waals surface area contributed by atoms with E-state index >= 15 is 0 Å². The summed E-state index contributed by atoms with van der Waals surface area (Å²) in [6.45, 7) is 0. The van der Waals surface area contributed by atoms with Crippen LogP contribution in [0, 0.1) is 0 Å². The molecule has 0 bridgehead atoms. The van der Waals surface area contributed by atoms with E-state index in [-0.39, 0.29) is 0 Å². The van der Waals surface area contributed by atoms with E-state index < -0.39 is 36.3 Å². The molecule has 0 aromatic carbocycles. The molecule has 0 aliphatic rings. The summed E-state index contributed by atoms with van der Waals surface area (Å²) in [6.07, 6.45) is -14.2. The molecule has 0 N–H and O–H groups in total. The second-order valence-corrected chi connectivity index (χ2v) is 3.06. The zero-order valence-corrected chi connectivity index (χ0v) is 8.35. The van der Waals surface area contributed by atoms with Gasteiger partial charge in [-0.3, -0.25) is 4.79 Å². The zero-order chi connectivity index (χ0) is 16.8. The van der Waals surface area contributed by atoms with Gasteiger partial charge in [0.15, 0.2) is 0 Å². The van der Waals surface area contributed by atoms with Crippen molar-refractivity contribution in [1.82, 2.24) is 0 Å². The summed E-state index contributed by atoms with van der Waals surface area (Å²) in [5.74, 6) is -22.0. The van der Waals surface area contributed by atoms with Crippen molar-refractivity contribution in [2.75, 3.05) is 0 Å². The van der Waals surface area contributed by atoms with E-state index in [1.165, 1.54) is 4.74 Å². The molecule has 20 heavy (non-hydrogen) atoms. The topological polar surface area (TPSA) is 26.3 Å². The van der Waals surface area contributed by atoms with Gasteiger partial charge in [0.25, 0.3) is 0 Å². The third kappa shape index (κ3) is 2.93. The number of hydrogen-bond donors (Lipinski definition) is 0. The lowest BCUT2D eigenvalue weighted by molar-refractivity contribution is -0.499. The van der Waals surface area contributed by atoms with Crippen molar-refractivity contribution in [3.05, 3.63) is 0 Å². The summed E-state index contributed by atoms with van der Waals surface area (Å²) in [7, 11) is 0. The molecule has 0 saturated carbocycles. The fourth-order valence-electron chi connectivity index (χ4n) is 0.785. The Morgan fingerprint density at radius 1 is 0.750 bits per heavy atom. The summed E-state index contributed by atoms with van der Waals surface area (Å²) >= 11 is 0. The molecule has 1 unspecified atom stereocenters. The monoisotopic (exact) mass is 332 g/mol. The Kier molecular flexibility index (Phi) is 4.38. The van der Waals surface area contributed by atoms with Crippen LogP contribution < -0.4 is 0 Å². The predicted octanol–water partition coefficient (Wildman–Crippen LogP) is 3.52. The van der Waals surface area contributed by atoms with E-state index in [9.17, 15) is 57.5 Å². The van der Waals surface area contributed by atoms with Gasteiger partial charge in [-0.15, -0.1) is 13.2 Å². The highest BCUT2D eigenvalue weighted by Crippen LogP contribution is 2.54. The Hall–Kier alpha value is -1.21. The Balaban J connectivity index is 6.10. The molecule has 120 valence electrons. The fraction of sp³-hybridized carbons (Fsp3) is 0.833. The number of carbonyl (C=O) groups is 1. The molecule has 1 atom stereocenters. The van der Waals surface area contributed by atoms with Crippen LogP contribution in [0.25, 0.3) is 0 Å². The molecular weight excluding hydrogens is 332 g/mol. The maximum Gasteiger partial charge on any atom is 0.525 e. The van der Waals surface area contributed by atoms with Crippen molar-refractivity contribution >= 4 is 6.04 Å². The highest BCUT2D eigenvalue weighted by atomic mass is 19.4. The quantitative estimate of drug-likeness (QED) is 0.582. The number of hydrogen-bond acceptors (Lipinski definition) is 2. The van der Waals surface area contributed by atoms with Crippen LogP contribution in [-0.2, 0) is 9.53 Å². The minimum Gasteiger partial charge on any atom is -0.254 e. The Morgan fingerprint density at radius 2 is 1.10 bits per heavy atom. The van der Waals surface area contributed by atoms with E-state index in [2.05, 4.69) is 0 Å². The number of alkyl halides is 11. The van der Waals surface area contributed by atoms with Gasteiger partial charge in [0, 0.05) is 0 Å². The predicted molar refractivity (Wildman–Crippen MR) is 33.0 cm³/mol. The van der Waals surface area contributed by atoms with Crippen LogP contribution >= 0.6 is 0 Å². The molecule has 2 nitrogen and oxygen atoms in total. The smallest absolute Gasteiger partial charge is 0.254 e. The van der Waals surface area contributed by atoms with Gasteiger partial charge in [-0.05, 0) is 0 Å². The molecule has 0 aromatic heterocycles. The lowest BCUT2D eigenvalue weighted by Gasteiger charge is -2.36. The van der Waals surface area contributed by atoms with E-state index in [4.69, 9.17) is 0 Å². The van der Waals surface area contributed by atoms with Crippen LogP contribution in [0.5, 0.6) is 0 Å². The van der Waals surface area contributed by atoms with E-state index in [1.807, 2.05) is 0 Å². The standard InChI is InChI=1S/C6F12O2/c7-1(19)2(8,9)3(10,11)4(12,5(13,14)15)20-6(16,17)18. The second kappa shape index (κ2) is 4.66. The van der Waals surface area contributed by atoms with Crippen molar-refractivity contribution < 1.29 is 62.2 Å². The van der Waals surface area contributed by atoms with Crippen molar-refractivity contribution in [2.45, 2.75) is 30.2 Å². The van der Waals surface area contributed by atoms with Gasteiger partial charge in [0.2, 0.25) is 0 Å².